The summed E-state index contributed by atoms with van der Waals surface area (Å²) in [4.78, 5) is 13.2. The first-order valence-electron chi connectivity index (χ1n) is 6.58. The summed E-state index contributed by atoms with van der Waals surface area (Å²) in [5, 5.41) is 0. The summed E-state index contributed by atoms with van der Waals surface area (Å²) in [5.41, 5.74) is 3.28. The van der Waals surface area contributed by atoms with E-state index < -0.39 is 0 Å². The zero-order chi connectivity index (χ0) is 12.3. The molecule has 2 nitrogen and oxygen atoms in total. The Balaban J connectivity index is 2.26. The van der Waals surface area contributed by atoms with E-state index in [-0.39, 0.29) is 0 Å². The van der Waals surface area contributed by atoms with Crippen molar-refractivity contribution >= 4 is 12.0 Å². The number of aldehydes is 1. The second-order valence-corrected chi connectivity index (χ2v) is 4.89. The van der Waals surface area contributed by atoms with Crippen LogP contribution >= 0.6 is 0 Å². The van der Waals surface area contributed by atoms with Crippen molar-refractivity contribution in [1.82, 2.24) is 0 Å². The van der Waals surface area contributed by atoms with Gasteiger partial charge in [0.05, 0.1) is 0 Å². The van der Waals surface area contributed by atoms with Crippen LogP contribution in [0.15, 0.2) is 18.2 Å². The number of rotatable bonds is 4. The van der Waals surface area contributed by atoms with Gasteiger partial charge in [-0.3, -0.25) is 4.79 Å². The third-order valence-corrected chi connectivity index (χ3v) is 3.77. The second kappa shape index (κ2) is 5.35. The van der Waals surface area contributed by atoms with Crippen LogP contribution in [0, 0.1) is 6.92 Å². The highest BCUT2D eigenvalue weighted by Gasteiger charge is 2.22. The zero-order valence-electron chi connectivity index (χ0n) is 10.8. The smallest absolute Gasteiger partial charge is 0.150 e. The number of nitrogens with zero attached hydrogens (tertiary/aromatic N) is 1. The van der Waals surface area contributed by atoms with Crippen molar-refractivity contribution in [1.29, 1.82) is 0 Å². The fraction of sp³-hybridized carbons (Fsp3) is 0.533. The quantitative estimate of drug-likeness (QED) is 0.738. The lowest BCUT2D eigenvalue weighted by atomic mass is 10.1. The summed E-state index contributed by atoms with van der Waals surface area (Å²) < 4.78 is 0. The van der Waals surface area contributed by atoms with Gasteiger partial charge in [0.1, 0.15) is 6.29 Å². The van der Waals surface area contributed by atoms with Gasteiger partial charge in [0.25, 0.3) is 0 Å². The summed E-state index contributed by atoms with van der Waals surface area (Å²) in [6.45, 7) is 5.36. The molecule has 0 spiro atoms. The SMILES string of the molecule is CCN(c1ccc(C=O)cc1C)C1CCCC1. The molecule has 0 heterocycles. The Kier molecular flexibility index (Phi) is 3.82. The van der Waals surface area contributed by atoms with Crippen molar-refractivity contribution in [3.8, 4) is 0 Å². The van der Waals surface area contributed by atoms with Crippen LogP contribution in [0.5, 0.6) is 0 Å². The lowest BCUT2D eigenvalue weighted by Crippen LogP contribution is -2.33. The molecule has 1 fully saturated rings. The monoisotopic (exact) mass is 231 g/mol. The molecule has 2 rings (SSSR count). The number of aryl methyl sites for hydroxylation is 1. The highest BCUT2D eigenvalue weighted by Crippen LogP contribution is 2.30. The molecule has 0 atom stereocenters. The van der Waals surface area contributed by atoms with Crippen molar-refractivity contribution in [2.45, 2.75) is 45.6 Å². The van der Waals surface area contributed by atoms with Gasteiger partial charge in [-0.1, -0.05) is 12.8 Å². The van der Waals surface area contributed by atoms with Gasteiger partial charge in [-0.25, -0.2) is 0 Å². The van der Waals surface area contributed by atoms with E-state index in [1.54, 1.807) is 0 Å². The molecule has 92 valence electrons. The molecular formula is C15H21NO. The van der Waals surface area contributed by atoms with Gasteiger partial charge in [0.15, 0.2) is 0 Å². The van der Waals surface area contributed by atoms with Crippen LogP contribution in [0.2, 0.25) is 0 Å². The first kappa shape index (κ1) is 12.2. The van der Waals surface area contributed by atoms with Crippen LogP contribution in [-0.4, -0.2) is 18.9 Å². The highest BCUT2D eigenvalue weighted by molar-refractivity contribution is 5.77. The number of carbonyl (C=O) groups excluding carboxylic acids is 1. The van der Waals surface area contributed by atoms with Crippen molar-refractivity contribution in [3.63, 3.8) is 0 Å². The Labute approximate surface area is 104 Å². The van der Waals surface area contributed by atoms with Crippen LogP contribution in [0.4, 0.5) is 5.69 Å². The van der Waals surface area contributed by atoms with Gasteiger partial charge < -0.3 is 4.90 Å². The van der Waals surface area contributed by atoms with Crippen LogP contribution in [-0.2, 0) is 0 Å². The molecule has 0 radical (unpaired) electrons. The topological polar surface area (TPSA) is 20.3 Å². The molecule has 0 aliphatic heterocycles. The first-order chi connectivity index (χ1) is 8.26. The number of hydrogen-bond acceptors (Lipinski definition) is 2. The van der Waals surface area contributed by atoms with Crippen molar-refractivity contribution in [2.24, 2.45) is 0 Å². The van der Waals surface area contributed by atoms with E-state index in [1.165, 1.54) is 36.9 Å². The second-order valence-electron chi connectivity index (χ2n) is 4.89. The van der Waals surface area contributed by atoms with Gasteiger partial charge in [-0.2, -0.15) is 0 Å². The Morgan fingerprint density at radius 1 is 1.35 bits per heavy atom. The Bertz CT molecular complexity index is 394. The highest BCUT2D eigenvalue weighted by atomic mass is 16.1. The third-order valence-electron chi connectivity index (χ3n) is 3.77. The Morgan fingerprint density at radius 3 is 2.59 bits per heavy atom. The number of carbonyl (C=O) groups is 1. The van der Waals surface area contributed by atoms with Gasteiger partial charge >= 0.3 is 0 Å². The molecular weight excluding hydrogens is 210 g/mol. The van der Waals surface area contributed by atoms with E-state index in [0.29, 0.717) is 6.04 Å². The van der Waals surface area contributed by atoms with Crippen LogP contribution in [0.25, 0.3) is 0 Å². The predicted molar refractivity (Wildman–Crippen MR) is 71.8 cm³/mol. The minimum absolute atomic E-state index is 0.695. The van der Waals surface area contributed by atoms with Crippen molar-refractivity contribution < 1.29 is 4.79 Å². The average molecular weight is 231 g/mol. The molecule has 0 aromatic heterocycles. The fourth-order valence-electron chi connectivity index (χ4n) is 2.92. The third kappa shape index (κ3) is 2.51. The van der Waals surface area contributed by atoms with Crippen molar-refractivity contribution in [3.05, 3.63) is 29.3 Å². The van der Waals surface area contributed by atoms with Crippen LogP contribution < -0.4 is 4.90 Å². The standard InChI is InChI=1S/C15H21NO/c1-3-16(14-6-4-5-7-14)15-9-8-13(11-17)10-12(15)2/h8-11,14H,3-7H2,1-2H3. The average Bonchev–Trinajstić information content (AvgIpc) is 2.85. The van der Waals surface area contributed by atoms with E-state index in [1.807, 2.05) is 12.1 Å². The van der Waals surface area contributed by atoms with Gasteiger partial charge in [-0.05, 0) is 50.5 Å². The molecule has 0 bridgehead atoms. The van der Waals surface area contributed by atoms with Crippen LogP contribution in [0.1, 0.15) is 48.5 Å². The number of anilines is 1. The minimum Gasteiger partial charge on any atom is -0.369 e. The molecule has 0 unspecified atom stereocenters. The molecule has 0 saturated heterocycles. The van der Waals surface area contributed by atoms with Gasteiger partial charge in [0.2, 0.25) is 0 Å². The summed E-state index contributed by atoms with van der Waals surface area (Å²) in [5.74, 6) is 0. The van der Waals surface area contributed by atoms with E-state index >= 15 is 0 Å². The molecule has 0 N–H and O–H groups in total. The maximum Gasteiger partial charge on any atom is 0.150 e. The lowest BCUT2D eigenvalue weighted by Gasteiger charge is -2.31. The number of hydrogen-bond donors (Lipinski definition) is 0. The summed E-state index contributed by atoms with van der Waals surface area (Å²) in [7, 11) is 0. The molecule has 17 heavy (non-hydrogen) atoms. The molecule has 1 aliphatic carbocycles. The number of benzene rings is 1. The fourth-order valence-corrected chi connectivity index (χ4v) is 2.92. The first-order valence-corrected chi connectivity index (χ1v) is 6.58. The van der Waals surface area contributed by atoms with Crippen molar-refractivity contribution in [2.75, 3.05) is 11.4 Å². The molecule has 1 aromatic rings. The lowest BCUT2D eigenvalue weighted by molar-refractivity contribution is 0.112. The van der Waals surface area contributed by atoms with E-state index in [2.05, 4.69) is 24.8 Å². The Morgan fingerprint density at radius 2 is 2.06 bits per heavy atom. The maximum atomic E-state index is 10.8. The van der Waals surface area contributed by atoms with E-state index in [4.69, 9.17) is 0 Å². The Hall–Kier alpha value is -1.31. The largest absolute Gasteiger partial charge is 0.369 e. The molecule has 1 saturated carbocycles. The molecule has 0 amide bonds. The molecule has 1 aliphatic rings. The van der Waals surface area contributed by atoms with E-state index in [0.717, 1.165) is 18.4 Å². The van der Waals surface area contributed by atoms with E-state index in [9.17, 15) is 4.79 Å². The van der Waals surface area contributed by atoms with Gasteiger partial charge in [-0.15, -0.1) is 0 Å². The summed E-state index contributed by atoms with van der Waals surface area (Å²) >= 11 is 0. The summed E-state index contributed by atoms with van der Waals surface area (Å²) in [6.07, 6.45) is 6.24. The maximum absolute atomic E-state index is 10.8. The normalized spacial score (nSPS) is 16.1. The molecule has 2 heteroatoms. The van der Waals surface area contributed by atoms with Gasteiger partial charge in [0, 0.05) is 23.8 Å². The zero-order valence-corrected chi connectivity index (χ0v) is 10.8. The minimum atomic E-state index is 0.695. The predicted octanol–water partition coefficient (Wildman–Crippen LogP) is 3.58. The molecule has 1 aromatic carbocycles. The van der Waals surface area contributed by atoms with Crippen LogP contribution in [0.3, 0.4) is 0 Å². The summed E-state index contributed by atoms with van der Waals surface area (Å²) in [6, 6.07) is 6.70.